The van der Waals surface area contributed by atoms with Crippen LogP contribution in [0.1, 0.15) is 31.2 Å². The average Bonchev–Trinajstić information content (AvgIpc) is 2.98. The second kappa shape index (κ2) is 12.2. The van der Waals surface area contributed by atoms with Gasteiger partial charge in [-0.2, -0.15) is 0 Å². The molecule has 1 saturated heterocycles. The van der Waals surface area contributed by atoms with Crippen molar-refractivity contribution in [2.75, 3.05) is 41.0 Å². The molecule has 1 fully saturated rings. The molecule has 0 atom stereocenters. The fourth-order valence-electron chi connectivity index (χ4n) is 5.28. The van der Waals surface area contributed by atoms with Crippen molar-refractivity contribution >= 4 is 10.8 Å². The van der Waals surface area contributed by atoms with E-state index in [1.807, 2.05) is 30.3 Å². The monoisotopic (exact) mass is 511 g/mol. The Morgan fingerprint density at radius 1 is 0.684 bits per heavy atom. The largest absolute Gasteiger partial charge is 0.497 e. The predicted octanol–water partition coefficient (Wildman–Crippen LogP) is 7.74. The quantitative estimate of drug-likeness (QED) is 0.218. The molecule has 4 aromatic rings. The fraction of sp³-hybridized carbons (Fsp3) is 0.333. The Morgan fingerprint density at radius 3 is 2.18 bits per heavy atom. The molecule has 0 bridgehead atoms. The van der Waals surface area contributed by atoms with E-state index in [2.05, 4.69) is 47.4 Å². The van der Waals surface area contributed by atoms with E-state index < -0.39 is 0 Å². The Kier molecular flexibility index (Phi) is 8.34. The number of aryl methyl sites for hydroxylation is 1. The van der Waals surface area contributed by atoms with Crippen LogP contribution < -0.4 is 18.9 Å². The van der Waals surface area contributed by atoms with Gasteiger partial charge in [0.1, 0.15) is 17.2 Å². The summed E-state index contributed by atoms with van der Waals surface area (Å²) in [6.45, 7) is 3.70. The van der Waals surface area contributed by atoms with Crippen LogP contribution in [0.15, 0.2) is 72.8 Å². The van der Waals surface area contributed by atoms with Crippen LogP contribution in [0.2, 0.25) is 0 Å². The zero-order valence-corrected chi connectivity index (χ0v) is 22.7. The second-order valence-corrected chi connectivity index (χ2v) is 9.85. The molecule has 0 aromatic heterocycles. The third-order valence-corrected chi connectivity index (χ3v) is 7.40. The summed E-state index contributed by atoms with van der Waals surface area (Å²) in [7, 11) is 4.98. The van der Waals surface area contributed by atoms with Crippen molar-refractivity contribution in [3.63, 3.8) is 0 Å². The number of ether oxygens (including phenoxy) is 4. The number of likely N-dealkylation sites (tertiary alicyclic amines) is 1. The Bertz CT molecular complexity index is 1360. The zero-order chi connectivity index (χ0) is 26.3. The molecule has 0 saturated carbocycles. The number of methoxy groups -OCH3 is 3. The highest BCUT2D eigenvalue weighted by atomic mass is 16.5. The first-order valence-electron chi connectivity index (χ1n) is 13.5. The molecule has 5 nitrogen and oxygen atoms in total. The number of hydrogen-bond acceptors (Lipinski definition) is 5. The lowest BCUT2D eigenvalue weighted by Gasteiger charge is -2.26. The van der Waals surface area contributed by atoms with Gasteiger partial charge in [0.2, 0.25) is 0 Å². The van der Waals surface area contributed by atoms with Gasteiger partial charge in [0.25, 0.3) is 0 Å². The van der Waals surface area contributed by atoms with Gasteiger partial charge in [-0.3, -0.25) is 0 Å². The fourth-order valence-corrected chi connectivity index (χ4v) is 5.28. The number of hydrogen-bond donors (Lipinski definition) is 0. The summed E-state index contributed by atoms with van der Waals surface area (Å²) in [6, 6.07) is 24.7. The lowest BCUT2D eigenvalue weighted by Crippen LogP contribution is -2.30. The van der Waals surface area contributed by atoms with E-state index in [0.717, 1.165) is 45.6 Å². The first-order chi connectivity index (χ1) is 18.7. The van der Waals surface area contributed by atoms with Crippen molar-refractivity contribution in [2.45, 2.75) is 32.1 Å². The second-order valence-electron chi connectivity index (χ2n) is 9.85. The van der Waals surface area contributed by atoms with E-state index in [1.54, 1.807) is 21.3 Å². The molecule has 1 aliphatic rings. The molecule has 5 rings (SSSR count). The van der Waals surface area contributed by atoms with Crippen molar-refractivity contribution in [1.82, 2.24) is 4.90 Å². The standard InChI is InChI=1S/C33H37NO4/c1-35-28-15-17-30-25(22-28)11-16-29(26-12-18-31(36-2)32(23-26)37-3)33(30)38-27-13-9-24(10-14-27)8-7-21-34-19-5-4-6-20-34/h9-18,22-23H,4-8,19-21H2,1-3H3. The number of rotatable bonds is 10. The van der Waals surface area contributed by atoms with Crippen LogP contribution >= 0.6 is 0 Å². The summed E-state index contributed by atoms with van der Waals surface area (Å²) < 4.78 is 23.1. The van der Waals surface area contributed by atoms with E-state index in [-0.39, 0.29) is 0 Å². The highest BCUT2D eigenvalue weighted by Gasteiger charge is 2.16. The summed E-state index contributed by atoms with van der Waals surface area (Å²) >= 11 is 0. The molecule has 0 aliphatic carbocycles. The molecule has 5 heteroatoms. The van der Waals surface area contributed by atoms with Gasteiger partial charge in [0.05, 0.1) is 21.3 Å². The first-order valence-corrected chi connectivity index (χ1v) is 13.5. The van der Waals surface area contributed by atoms with Gasteiger partial charge in [-0.1, -0.05) is 30.7 Å². The molecule has 1 aliphatic heterocycles. The van der Waals surface area contributed by atoms with Crippen LogP contribution in [0, 0.1) is 0 Å². The predicted molar refractivity (Wildman–Crippen MR) is 154 cm³/mol. The van der Waals surface area contributed by atoms with Crippen LogP contribution in [-0.2, 0) is 6.42 Å². The van der Waals surface area contributed by atoms with Gasteiger partial charge in [0, 0.05) is 10.9 Å². The van der Waals surface area contributed by atoms with Gasteiger partial charge in [-0.05, 0) is 110 Å². The average molecular weight is 512 g/mol. The van der Waals surface area contributed by atoms with Gasteiger partial charge in [-0.15, -0.1) is 0 Å². The highest BCUT2D eigenvalue weighted by Crippen LogP contribution is 2.42. The number of benzene rings is 4. The molecule has 0 unspecified atom stereocenters. The van der Waals surface area contributed by atoms with Crippen LogP contribution in [-0.4, -0.2) is 45.9 Å². The Morgan fingerprint density at radius 2 is 1.45 bits per heavy atom. The summed E-state index contributed by atoms with van der Waals surface area (Å²) in [5, 5.41) is 2.07. The minimum atomic E-state index is 0.680. The number of nitrogens with zero attached hydrogens (tertiary/aromatic N) is 1. The molecule has 198 valence electrons. The topological polar surface area (TPSA) is 40.2 Å². The maximum absolute atomic E-state index is 6.61. The normalized spacial score (nSPS) is 13.9. The van der Waals surface area contributed by atoms with E-state index in [4.69, 9.17) is 18.9 Å². The van der Waals surface area contributed by atoms with Gasteiger partial charge in [0.15, 0.2) is 11.5 Å². The Balaban J connectivity index is 1.41. The molecule has 0 amide bonds. The summed E-state index contributed by atoms with van der Waals surface area (Å²) in [5.41, 5.74) is 3.32. The number of fused-ring (bicyclic) bond motifs is 1. The SMILES string of the molecule is COc1ccc2c(Oc3ccc(CCCN4CCCCC4)cc3)c(-c3ccc(OC)c(OC)c3)ccc2c1. The van der Waals surface area contributed by atoms with Gasteiger partial charge in [-0.25, -0.2) is 0 Å². The zero-order valence-electron chi connectivity index (χ0n) is 22.7. The summed E-state index contributed by atoms with van der Waals surface area (Å²) in [6.07, 6.45) is 6.35. The van der Waals surface area contributed by atoms with Crippen LogP contribution in [0.5, 0.6) is 28.7 Å². The van der Waals surface area contributed by atoms with Gasteiger partial charge >= 0.3 is 0 Å². The first kappa shape index (κ1) is 25.9. The van der Waals surface area contributed by atoms with Crippen LogP contribution in [0.25, 0.3) is 21.9 Å². The lowest BCUT2D eigenvalue weighted by molar-refractivity contribution is 0.226. The van der Waals surface area contributed by atoms with E-state index in [9.17, 15) is 0 Å². The van der Waals surface area contributed by atoms with E-state index in [0.29, 0.717) is 11.5 Å². The minimum Gasteiger partial charge on any atom is -0.497 e. The molecular formula is C33H37NO4. The summed E-state index contributed by atoms with van der Waals surface area (Å²) in [4.78, 5) is 2.60. The molecule has 0 spiro atoms. The molecule has 0 radical (unpaired) electrons. The molecule has 0 N–H and O–H groups in total. The molecule has 1 heterocycles. The summed E-state index contributed by atoms with van der Waals surface area (Å²) in [5.74, 6) is 3.81. The number of piperidine rings is 1. The smallest absolute Gasteiger partial charge is 0.161 e. The van der Waals surface area contributed by atoms with E-state index >= 15 is 0 Å². The van der Waals surface area contributed by atoms with Gasteiger partial charge < -0.3 is 23.8 Å². The molecular weight excluding hydrogens is 474 g/mol. The maximum atomic E-state index is 6.61. The molecule has 38 heavy (non-hydrogen) atoms. The van der Waals surface area contributed by atoms with Crippen molar-refractivity contribution in [1.29, 1.82) is 0 Å². The van der Waals surface area contributed by atoms with E-state index in [1.165, 1.54) is 50.9 Å². The maximum Gasteiger partial charge on any atom is 0.161 e. The minimum absolute atomic E-state index is 0.680. The van der Waals surface area contributed by atoms with Crippen molar-refractivity contribution < 1.29 is 18.9 Å². The van der Waals surface area contributed by atoms with Crippen molar-refractivity contribution in [3.05, 3.63) is 78.4 Å². The third kappa shape index (κ3) is 5.89. The highest BCUT2D eigenvalue weighted by molar-refractivity contribution is 5.96. The van der Waals surface area contributed by atoms with Crippen molar-refractivity contribution in [3.8, 4) is 39.9 Å². The Labute approximate surface area is 225 Å². The lowest BCUT2D eigenvalue weighted by atomic mass is 9.99. The van der Waals surface area contributed by atoms with Crippen LogP contribution in [0.4, 0.5) is 0 Å². The third-order valence-electron chi connectivity index (χ3n) is 7.40. The molecule has 4 aromatic carbocycles. The Hall–Kier alpha value is -3.70. The van der Waals surface area contributed by atoms with Crippen molar-refractivity contribution in [2.24, 2.45) is 0 Å². The van der Waals surface area contributed by atoms with Crippen LogP contribution in [0.3, 0.4) is 0 Å².